The summed E-state index contributed by atoms with van der Waals surface area (Å²) < 4.78 is 6.20. The molecule has 0 radical (unpaired) electrons. The molecule has 0 saturated carbocycles. The van der Waals surface area contributed by atoms with Crippen molar-refractivity contribution in [2.45, 2.75) is 66.0 Å². The molecule has 0 bridgehead atoms. The zero-order chi connectivity index (χ0) is 13.5. The summed E-state index contributed by atoms with van der Waals surface area (Å²) in [6.07, 6.45) is 10.4. The summed E-state index contributed by atoms with van der Waals surface area (Å²) in [6, 6.07) is 0. The second kappa shape index (κ2) is 5.22. The fourth-order valence-electron chi connectivity index (χ4n) is 4.33. The SMILES string of the molecule is [CH3][Ti]([CH3])([O]C=O)[CH]1CCCC2=C1CC1=C2CCCC1. The second-order valence-corrected chi connectivity index (χ2v) is 13.2. The van der Waals surface area contributed by atoms with E-state index in [9.17, 15) is 4.79 Å². The first-order valence-corrected chi connectivity index (χ1v) is 12.3. The van der Waals surface area contributed by atoms with Crippen molar-refractivity contribution in [1.29, 1.82) is 0 Å². The number of rotatable bonds is 3. The van der Waals surface area contributed by atoms with Crippen molar-refractivity contribution in [3.05, 3.63) is 22.3 Å². The summed E-state index contributed by atoms with van der Waals surface area (Å²) in [5.41, 5.74) is 6.83. The van der Waals surface area contributed by atoms with E-state index in [0.717, 1.165) is 0 Å². The third-order valence-electron chi connectivity index (χ3n) is 5.27. The molecule has 1 unspecified atom stereocenters. The molecule has 2 nitrogen and oxygen atoms in total. The number of allylic oxidation sites excluding steroid dienone is 4. The van der Waals surface area contributed by atoms with E-state index >= 15 is 0 Å². The van der Waals surface area contributed by atoms with Crippen molar-refractivity contribution in [3.8, 4) is 0 Å². The van der Waals surface area contributed by atoms with Gasteiger partial charge in [-0.25, -0.2) is 0 Å². The number of fused-ring (bicyclic) bond motifs is 1. The van der Waals surface area contributed by atoms with E-state index in [-0.39, 0.29) is 0 Å². The van der Waals surface area contributed by atoms with Gasteiger partial charge in [-0.15, -0.1) is 0 Å². The average Bonchev–Trinajstić information content (AvgIpc) is 2.76. The molecule has 3 rings (SSSR count). The maximum absolute atomic E-state index is 10.8. The molecule has 3 aliphatic carbocycles. The van der Waals surface area contributed by atoms with E-state index in [1.807, 2.05) is 0 Å². The molecule has 0 aromatic heterocycles. The number of hydrogen-bond donors (Lipinski definition) is 0. The molecular weight excluding hydrogens is 272 g/mol. The summed E-state index contributed by atoms with van der Waals surface area (Å²) >= 11 is -2.45. The third kappa shape index (κ3) is 2.38. The molecule has 0 aliphatic heterocycles. The molecule has 0 aromatic carbocycles. The maximum atomic E-state index is 10.8. The van der Waals surface area contributed by atoms with Crippen LogP contribution in [0.15, 0.2) is 22.3 Å². The van der Waals surface area contributed by atoms with Crippen LogP contribution >= 0.6 is 0 Å². The van der Waals surface area contributed by atoms with E-state index < -0.39 is 17.0 Å². The van der Waals surface area contributed by atoms with Crippen LogP contribution in [-0.4, -0.2) is 6.47 Å². The van der Waals surface area contributed by atoms with Gasteiger partial charge in [0.05, 0.1) is 0 Å². The van der Waals surface area contributed by atoms with Crippen LogP contribution in [0.1, 0.15) is 51.4 Å². The van der Waals surface area contributed by atoms with Crippen molar-refractivity contribution in [3.63, 3.8) is 0 Å². The third-order valence-corrected chi connectivity index (χ3v) is 9.98. The van der Waals surface area contributed by atoms with Crippen molar-refractivity contribution in [2.75, 3.05) is 0 Å². The predicted molar refractivity (Wildman–Crippen MR) is 73.6 cm³/mol. The molecule has 0 N–H and O–H groups in total. The van der Waals surface area contributed by atoms with Crippen LogP contribution in [0.3, 0.4) is 0 Å². The van der Waals surface area contributed by atoms with Gasteiger partial charge in [-0.3, -0.25) is 0 Å². The first-order valence-electron chi connectivity index (χ1n) is 7.68. The summed E-state index contributed by atoms with van der Waals surface area (Å²) in [4.78, 5) is 10.8. The van der Waals surface area contributed by atoms with E-state index in [1.54, 1.807) is 22.3 Å². The zero-order valence-electron chi connectivity index (χ0n) is 12.1. The number of hydrogen-bond acceptors (Lipinski definition) is 2. The summed E-state index contributed by atoms with van der Waals surface area (Å²) in [7, 11) is 0. The molecule has 0 amide bonds. The Morgan fingerprint density at radius 2 is 1.84 bits per heavy atom. The minimum atomic E-state index is -2.45. The van der Waals surface area contributed by atoms with Gasteiger partial charge in [-0.1, -0.05) is 0 Å². The van der Waals surface area contributed by atoms with Gasteiger partial charge in [0, 0.05) is 0 Å². The molecule has 0 spiro atoms. The van der Waals surface area contributed by atoms with Crippen LogP contribution < -0.4 is 0 Å². The molecule has 0 heterocycles. The first-order chi connectivity index (χ1) is 9.13. The van der Waals surface area contributed by atoms with Gasteiger partial charge in [0.15, 0.2) is 0 Å². The Hall–Kier alpha value is -0.336. The fraction of sp³-hybridized carbons (Fsp3) is 0.688. The molecule has 0 saturated heterocycles. The molecule has 3 aliphatic rings. The molecule has 1 atom stereocenters. The Morgan fingerprint density at radius 3 is 2.63 bits per heavy atom. The van der Waals surface area contributed by atoms with Gasteiger partial charge in [0.2, 0.25) is 0 Å². The number of carbonyl (C=O) groups is 1. The average molecular weight is 296 g/mol. The van der Waals surface area contributed by atoms with Crippen LogP contribution in [-0.2, 0) is 25.1 Å². The van der Waals surface area contributed by atoms with Gasteiger partial charge in [-0.05, 0) is 0 Å². The number of carbonyl (C=O) groups excluding carboxylic acids is 1. The molecule has 104 valence electrons. The Bertz CT molecular complexity index is 459. The fourth-order valence-corrected chi connectivity index (χ4v) is 8.12. The molecule has 3 heteroatoms. The van der Waals surface area contributed by atoms with Crippen LogP contribution in [0, 0.1) is 0 Å². The van der Waals surface area contributed by atoms with Crippen molar-refractivity contribution in [2.24, 2.45) is 0 Å². The van der Waals surface area contributed by atoms with E-state index in [1.165, 1.54) is 51.4 Å². The van der Waals surface area contributed by atoms with E-state index in [2.05, 4.69) is 10.5 Å². The Morgan fingerprint density at radius 1 is 1.11 bits per heavy atom. The molecule has 19 heavy (non-hydrogen) atoms. The Balaban J connectivity index is 1.90. The normalized spacial score (nSPS) is 27.2. The van der Waals surface area contributed by atoms with E-state index in [0.29, 0.717) is 10.7 Å². The Labute approximate surface area is 120 Å². The van der Waals surface area contributed by atoms with Crippen molar-refractivity contribution < 1.29 is 25.1 Å². The van der Waals surface area contributed by atoms with Gasteiger partial charge in [0.1, 0.15) is 0 Å². The van der Waals surface area contributed by atoms with Crippen LogP contribution in [0.4, 0.5) is 0 Å². The standard InChI is InChI=1S/C13H17.CH2O2.2CH3.Ti/c1-3-7-12-10(5-1)9-11-6-2-4-8-13(11)12;2-1-3;;;/h5H,1-4,6-9H2;1H,(H,2,3);2*1H3;/q;;;;+1/p-1. The van der Waals surface area contributed by atoms with E-state index in [4.69, 9.17) is 3.32 Å². The van der Waals surface area contributed by atoms with Gasteiger partial charge in [-0.2, -0.15) is 0 Å². The van der Waals surface area contributed by atoms with Gasteiger partial charge in [0.25, 0.3) is 0 Å². The van der Waals surface area contributed by atoms with Crippen LogP contribution in [0.25, 0.3) is 0 Å². The predicted octanol–water partition coefficient (Wildman–Crippen LogP) is 4.87. The quantitative estimate of drug-likeness (QED) is 0.548. The monoisotopic (exact) mass is 296 g/mol. The van der Waals surface area contributed by atoms with Gasteiger partial charge < -0.3 is 0 Å². The zero-order valence-corrected chi connectivity index (χ0v) is 13.7. The molecule has 0 aromatic rings. The molecule has 0 fully saturated rings. The molecular formula is C16H24O2Ti. The summed E-state index contributed by atoms with van der Waals surface area (Å²) in [5.74, 6) is 0. The summed E-state index contributed by atoms with van der Waals surface area (Å²) in [6.45, 7) is 0.705. The minimum absolute atomic E-state index is 0.611. The second-order valence-electron chi connectivity index (χ2n) is 6.73. The van der Waals surface area contributed by atoms with Crippen molar-refractivity contribution >= 4 is 6.47 Å². The first kappa shape index (κ1) is 13.6. The van der Waals surface area contributed by atoms with Crippen molar-refractivity contribution in [1.82, 2.24) is 0 Å². The topological polar surface area (TPSA) is 26.3 Å². The van der Waals surface area contributed by atoms with Gasteiger partial charge >= 0.3 is 120 Å². The van der Waals surface area contributed by atoms with Crippen LogP contribution in [0.2, 0.25) is 14.7 Å². The summed E-state index contributed by atoms with van der Waals surface area (Å²) in [5, 5.41) is 4.51. The van der Waals surface area contributed by atoms with Crippen LogP contribution in [0.5, 0.6) is 0 Å². The Kier molecular flexibility index (Phi) is 3.74.